The number of hydrogen-bond donors (Lipinski definition) is 1. The van der Waals surface area contributed by atoms with E-state index in [1.165, 1.54) is 0 Å². The van der Waals surface area contributed by atoms with E-state index in [0.717, 1.165) is 12.0 Å². The highest BCUT2D eigenvalue weighted by Gasteiger charge is 2.27. The Morgan fingerprint density at radius 3 is 2.87 bits per heavy atom. The molecule has 1 N–H and O–H groups in total. The summed E-state index contributed by atoms with van der Waals surface area (Å²) >= 11 is 0. The molecule has 1 fully saturated rings. The van der Waals surface area contributed by atoms with Gasteiger partial charge in [0.2, 0.25) is 0 Å². The van der Waals surface area contributed by atoms with Crippen LogP contribution < -0.4 is 5.32 Å². The molecule has 1 aliphatic rings. The molecule has 2 atom stereocenters. The molecule has 80 valence electrons. The molecule has 0 saturated carbocycles. The van der Waals surface area contributed by atoms with Crippen molar-refractivity contribution < 1.29 is 9.53 Å². The van der Waals surface area contributed by atoms with Crippen molar-refractivity contribution in [2.45, 2.75) is 25.4 Å². The molecule has 0 spiro atoms. The average molecular weight is 206 g/mol. The van der Waals surface area contributed by atoms with Crippen LogP contribution in [0.4, 0.5) is 0 Å². The topological polar surface area (TPSA) is 51.2 Å². The Hall–Kier alpha value is -1.42. The lowest BCUT2D eigenvalue weighted by atomic mass is 10.1. The molecule has 4 nitrogen and oxygen atoms in total. The fourth-order valence-electron chi connectivity index (χ4n) is 1.70. The lowest BCUT2D eigenvalue weighted by Crippen LogP contribution is -2.35. The zero-order chi connectivity index (χ0) is 10.7. The van der Waals surface area contributed by atoms with Gasteiger partial charge >= 0.3 is 5.97 Å². The number of aromatic nitrogens is 1. The molecule has 0 aliphatic carbocycles. The molecule has 0 amide bonds. The summed E-state index contributed by atoms with van der Waals surface area (Å²) in [6.45, 7) is 2.56. The molecule has 2 unspecified atom stereocenters. The molecule has 4 heteroatoms. The van der Waals surface area contributed by atoms with E-state index in [4.69, 9.17) is 4.74 Å². The molecule has 0 radical (unpaired) electrons. The molecule has 1 aliphatic heterocycles. The minimum atomic E-state index is -0.159. The summed E-state index contributed by atoms with van der Waals surface area (Å²) < 4.78 is 4.89. The number of hydrogen-bond acceptors (Lipinski definition) is 4. The predicted molar refractivity (Wildman–Crippen MR) is 55.2 cm³/mol. The molecule has 0 bridgehead atoms. The van der Waals surface area contributed by atoms with E-state index in [2.05, 4.69) is 10.3 Å². The predicted octanol–water partition coefficient (Wildman–Crippen LogP) is 1.05. The second kappa shape index (κ2) is 4.40. The van der Waals surface area contributed by atoms with Crippen LogP contribution in [0, 0.1) is 0 Å². The number of carbonyl (C=O) groups is 1. The Kier molecular flexibility index (Phi) is 2.97. The van der Waals surface area contributed by atoms with E-state index in [1.54, 1.807) is 12.4 Å². The van der Waals surface area contributed by atoms with E-state index in [0.29, 0.717) is 6.61 Å². The van der Waals surface area contributed by atoms with Gasteiger partial charge in [-0.1, -0.05) is 0 Å². The van der Waals surface area contributed by atoms with Crippen molar-refractivity contribution in [2.75, 3.05) is 6.61 Å². The fourth-order valence-corrected chi connectivity index (χ4v) is 1.70. The maximum Gasteiger partial charge on any atom is 0.323 e. The Balaban J connectivity index is 1.98. The van der Waals surface area contributed by atoms with E-state index in [9.17, 15) is 4.79 Å². The van der Waals surface area contributed by atoms with Gasteiger partial charge in [-0.3, -0.25) is 15.1 Å². The third kappa shape index (κ3) is 2.33. The lowest BCUT2D eigenvalue weighted by molar-refractivity contribution is -0.139. The zero-order valence-electron chi connectivity index (χ0n) is 8.64. The number of ether oxygens (including phenoxy) is 1. The van der Waals surface area contributed by atoms with Gasteiger partial charge in [0, 0.05) is 24.9 Å². The summed E-state index contributed by atoms with van der Waals surface area (Å²) in [5.74, 6) is -0.143. The molecule has 1 saturated heterocycles. The SMILES string of the molecule is CC(NC1CCOC1=O)c1ccncc1. The molecule has 2 rings (SSSR count). The second-order valence-corrected chi connectivity index (χ2v) is 3.68. The van der Waals surface area contributed by atoms with Crippen LogP contribution in [0.2, 0.25) is 0 Å². The summed E-state index contributed by atoms with van der Waals surface area (Å²) in [6.07, 6.45) is 4.26. The van der Waals surface area contributed by atoms with Crippen molar-refractivity contribution in [3.05, 3.63) is 30.1 Å². The first kappa shape index (κ1) is 10.1. The molecule has 15 heavy (non-hydrogen) atoms. The first-order valence-corrected chi connectivity index (χ1v) is 5.10. The molecular formula is C11H14N2O2. The standard InChI is InChI=1S/C11H14N2O2/c1-8(9-2-5-12-6-3-9)13-10-4-7-15-11(10)14/h2-3,5-6,8,10,13H,4,7H2,1H3. The van der Waals surface area contributed by atoms with Crippen molar-refractivity contribution in [3.63, 3.8) is 0 Å². The normalized spacial score (nSPS) is 22.5. The van der Waals surface area contributed by atoms with Crippen LogP contribution in [0.3, 0.4) is 0 Å². The average Bonchev–Trinajstić information content (AvgIpc) is 2.66. The van der Waals surface area contributed by atoms with E-state index in [-0.39, 0.29) is 18.1 Å². The number of nitrogens with zero attached hydrogens (tertiary/aromatic N) is 1. The number of rotatable bonds is 3. The first-order chi connectivity index (χ1) is 7.27. The third-order valence-electron chi connectivity index (χ3n) is 2.59. The summed E-state index contributed by atoms with van der Waals surface area (Å²) in [6, 6.07) is 3.87. The van der Waals surface area contributed by atoms with Gasteiger partial charge in [0.05, 0.1) is 6.61 Å². The minimum Gasteiger partial charge on any atom is -0.464 e. The van der Waals surface area contributed by atoms with Crippen LogP contribution in [0.5, 0.6) is 0 Å². The largest absolute Gasteiger partial charge is 0.464 e. The maximum absolute atomic E-state index is 11.2. The van der Waals surface area contributed by atoms with Gasteiger partial charge in [0.1, 0.15) is 6.04 Å². The number of esters is 1. The quantitative estimate of drug-likeness (QED) is 0.751. The Bertz CT molecular complexity index is 340. The molecule has 1 aromatic rings. The van der Waals surface area contributed by atoms with Crippen molar-refractivity contribution in [1.29, 1.82) is 0 Å². The van der Waals surface area contributed by atoms with Crippen LogP contribution in [0.1, 0.15) is 24.9 Å². The van der Waals surface area contributed by atoms with Crippen molar-refractivity contribution >= 4 is 5.97 Å². The van der Waals surface area contributed by atoms with Gasteiger partial charge in [0.15, 0.2) is 0 Å². The third-order valence-corrected chi connectivity index (χ3v) is 2.59. The van der Waals surface area contributed by atoms with Crippen molar-refractivity contribution in [3.8, 4) is 0 Å². The summed E-state index contributed by atoms with van der Waals surface area (Å²) in [5.41, 5.74) is 1.13. The number of nitrogens with one attached hydrogen (secondary N) is 1. The van der Waals surface area contributed by atoms with Crippen LogP contribution >= 0.6 is 0 Å². The Labute approximate surface area is 88.7 Å². The Morgan fingerprint density at radius 1 is 1.53 bits per heavy atom. The molecular weight excluding hydrogens is 192 g/mol. The van der Waals surface area contributed by atoms with Crippen LogP contribution in [0.25, 0.3) is 0 Å². The van der Waals surface area contributed by atoms with Gasteiger partial charge in [0.25, 0.3) is 0 Å². The highest BCUT2D eigenvalue weighted by atomic mass is 16.5. The smallest absolute Gasteiger partial charge is 0.323 e. The van der Waals surface area contributed by atoms with Gasteiger partial charge in [-0.2, -0.15) is 0 Å². The number of cyclic esters (lactones) is 1. The monoisotopic (exact) mass is 206 g/mol. The van der Waals surface area contributed by atoms with Crippen LogP contribution in [-0.2, 0) is 9.53 Å². The van der Waals surface area contributed by atoms with Gasteiger partial charge in [-0.15, -0.1) is 0 Å². The number of carbonyl (C=O) groups excluding carboxylic acids is 1. The minimum absolute atomic E-state index is 0.142. The summed E-state index contributed by atoms with van der Waals surface area (Å²) in [4.78, 5) is 15.2. The van der Waals surface area contributed by atoms with Gasteiger partial charge in [-0.05, 0) is 24.6 Å². The Morgan fingerprint density at radius 2 is 2.27 bits per heavy atom. The lowest BCUT2D eigenvalue weighted by Gasteiger charge is -2.16. The van der Waals surface area contributed by atoms with E-state index in [1.807, 2.05) is 19.1 Å². The van der Waals surface area contributed by atoms with Gasteiger partial charge in [-0.25, -0.2) is 0 Å². The highest BCUT2D eigenvalue weighted by molar-refractivity contribution is 5.77. The maximum atomic E-state index is 11.2. The van der Waals surface area contributed by atoms with Crippen LogP contribution in [0.15, 0.2) is 24.5 Å². The van der Waals surface area contributed by atoms with Crippen molar-refractivity contribution in [1.82, 2.24) is 10.3 Å². The summed E-state index contributed by atoms with van der Waals surface area (Å²) in [5, 5.41) is 3.24. The number of pyridine rings is 1. The van der Waals surface area contributed by atoms with Gasteiger partial charge < -0.3 is 4.74 Å². The molecule has 1 aromatic heterocycles. The van der Waals surface area contributed by atoms with Crippen molar-refractivity contribution in [2.24, 2.45) is 0 Å². The van der Waals surface area contributed by atoms with E-state index >= 15 is 0 Å². The second-order valence-electron chi connectivity index (χ2n) is 3.68. The summed E-state index contributed by atoms with van der Waals surface area (Å²) in [7, 11) is 0. The van der Waals surface area contributed by atoms with Crippen LogP contribution in [-0.4, -0.2) is 23.6 Å². The first-order valence-electron chi connectivity index (χ1n) is 5.10. The zero-order valence-corrected chi connectivity index (χ0v) is 8.64. The highest BCUT2D eigenvalue weighted by Crippen LogP contribution is 2.15. The van der Waals surface area contributed by atoms with E-state index < -0.39 is 0 Å². The molecule has 2 heterocycles. The fraction of sp³-hybridized carbons (Fsp3) is 0.455. The molecule has 0 aromatic carbocycles.